The minimum Gasteiger partial charge on any atom is -0.336 e. The van der Waals surface area contributed by atoms with Crippen molar-refractivity contribution in [3.63, 3.8) is 0 Å². The van der Waals surface area contributed by atoms with Gasteiger partial charge < -0.3 is 10.3 Å². The maximum Gasteiger partial charge on any atom is 0.206 e. The molecule has 0 aliphatic carbocycles. The second-order valence-corrected chi connectivity index (χ2v) is 4.56. The number of H-pyrrole nitrogens is 1. The molecule has 0 bridgehead atoms. The fourth-order valence-corrected chi connectivity index (χ4v) is 2.15. The summed E-state index contributed by atoms with van der Waals surface area (Å²) in [6, 6.07) is 17.5. The molecule has 0 unspecified atom stereocenters. The summed E-state index contributed by atoms with van der Waals surface area (Å²) in [6.45, 7) is 0. The fourth-order valence-electron chi connectivity index (χ4n) is 2.15. The number of nitrogens with one attached hydrogen (secondary N) is 2. The van der Waals surface area contributed by atoms with Crippen molar-refractivity contribution in [1.29, 1.82) is 0 Å². The largest absolute Gasteiger partial charge is 0.336 e. The lowest BCUT2D eigenvalue weighted by atomic mass is 10.3. The van der Waals surface area contributed by atoms with E-state index in [1.165, 1.54) is 0 Å². The third kappa shape index (κ3) is 2.12. The first-order valence-electron chi connectivity index (χ1n) is 6.50. The van der Waals surface area contributed by atoms with Gasteiger partial charge in [-0.15, -0.1) is 0 Å². The normalized spacial score (nSPS) is 10.9. The Morgan fingerprint density at radius 3 is 2.57 bits per heavy atom. The fraction of sp³-hybridized carbons (Fsp3) is 0. The summed E-state index contributed by atoms with van der Waals surface area (Å²) in [5.41, 5.74) is 3.28. The van der Waals surface area contributed by atoms with E-state index in [1.807, 2.05) is 54.6 Å². The van der Waals surface area contributed by atoms with Crippen LogP contribution >= 0.6 is 0 Å². The van der Waals surface area contributed by atoms with Crippen molar-refractivity contribution in [2.75, 3.05) is 5.32 Å². The van der Waals surface area contributed by atoms with Crippen LogP contribution in [-0.4, -0.2) is 20.3 Å². The van der Waals surface area contributed by atoms with E-state index in [9.17, 15) is 0 Å². The van der Waals surface area contributed by atoms with Crippen LogP contribution in [0.25, 0.3) is 22.6 Å². The molecule has 21 heavy (non-hydrogen) atoms. The van der Waals surface area contributed by atoms with Gasteiger partial charge in [0.15, 0.2) is 11.5 Å². The van der Waals surface area contributed by atoms with Gasteiger partial charge in [-0.2, -0.15) is 0 Å². The molecule has 2 aromatic carbocycles. The molecule has 0 spiro atoms. The minimum absolute atomic E-state index is 0.528. The van der Waals surface area contributed by atoms with E-state index in [0.29, 0.717) is 17.3 Å². The Bertz CT molecular complexity index is 848. The number of aromatic nitrogens is 4. The zero-order chi connectivity index (χ0) is 14.1. The third-order valence-electron chi connectivity index (χ3n) is 3.14. The number of imidazole rings is 1. The molecule has 102 valence electrons. The van der Waals surface area contributed by atoms with Gasteiger partial charge in [0.2, 0.25) is 5.82 Å². The van der Waals surface area contributed by atoms with Crippen LogP contribution in [0.2, 0.25) is 0 Å². The van der Waals surface area contributed by atoms with Gasteiger partial charge in [-0.3, -0.25) is 0 Å². The molecule has 2 N–H and O–H groups in total. The lowest BCUT2D eigenvalue weighted by Gasteiger charge is -2.01. The topological polar surface area (TPSA) is 79.6 Å². The predicted molar refractivity (Wildman–Crippen MR) is 79.1 cm³/mol. The number of rotatable bonds is 3. The molecule has 0 fully saturated rings. The van der Waals surface area contributed by atoms with Crippen molar-refractivity contribution in [2.24, 2.45) is 0 Å². The first kappa shape index (κ1) is 11.7. The average Bonchev–Trinajstić information content (AvgIpc) is 3.14. The van der Waals surface area contributed by atoms with Gasteiger partial charge in [-0.25, -0.2) is 9.61 Å². The highest BCUT2D eigenvalue weighted by Gasteiger charge is 2.16. The van der Waals surface area contributed by atoms with Crippen LogP contribution < -0.4 is 5.32 Å². The Morgan fingerprint density at radius 2 is 1.71 bits per heavy atom. The molecular weight excluding hydrogens is 266 g/mol. The molecule has 0 atom stereocenters. The van der Waals surface area contributed by atoms with Crippen LogP contribution in [0.3, 0.4) is 0 Å². The van der Waals surface area contributed by atoms with Crippen LogP contribution in [0.1, 0.15) is 0 Å². The van der Waals surface area contributed by atoms with Gasteiger partial charge in [0.25, 0.3) is 0 Å². The van der Waals surface area contributed by atoms with Crippen molar-refractivity contribution in [2.45, 2.75) is 0 Å². The quantitative estimate of drug-likeness (QED) is 0.600. The van der Waals surface area contributed by atoms with Crippen LogP contribution in [0.15, 0.2) is 59.2 Å². The first-order valence-corrected chi connectivity index (χ1v) is 6.50. The number of fused-ring (bicyclic) bond motifs is 1. The first-order chi connectivity index (χ1) is 10.4. The van der Waals surface area contributed by atoms with Crippen LogP contribution in [0, 0.1) is 0 Å². The molecule has 0 aliphatic rings. The molecule has 4 rings (SSSR count). The number of hydrogen-bond donors (Lipinski definition) is 2. The van der Waals surface area contributed by atoms with E-state index in [4.69, 9.17) is 4.63 Å². The van der Waals surface area contributed by atoms with E-state index >= 15 is 0 Å². The number of benzene rings is 2. The van der Waals surface area contributed by atoms with Gasteiger partial charge >= 0.3 is 0 Å². The van der Waals surface area contributed by atoms with Crippen LogP contribution in [0.5, 0.6) is 0 Å². The van der Waals surface area contributed by atoms with Gasteiger partial charge in [0.05, 0.1) is 11.0 Å². The Hall–Kier alpha value is -3.15. The van der Waals surface area contributed by atoms with Crippen LogP contribution in [-0.2, 0) is 0 Å². The smallest absolute Gasteiger partial charge is 0.206 e. The monoisotopic (exact) mass is 277 g/mol. The highest BCUT2D eigenvalue weighted by Crippen LogP contribution is 2.26. The van der Waals surface area contributed by atoms with E-state index < -0.39 is 0 Å². The van der Waals surface area contributed by atoms with Crippen molar-refractivity contribution in [3.8, 4) is 11.5 Å². The van der Waals surface area contributed by atoms with Crippen molar-refractivity contribution >= 4 is 22.5 Å². The zero-order valence-corrected chi connectivity index (χ0v) is 10.9. The zero-order valence-electron chi connectivity index (χ0n) is 10.9. The van der Waals surface area contributed by atoms with Gasteiger partial charge in [-0.1, -0.05) is 30.3 Å². The summed E-state index contributed by atoms with van der Waals surface area (Å²) in [4.78, 5) is 7.71. The van der Waals surface area contributed by atoms with Crippen molar-refractivity contribution in [1.82, 2.24) is 20.3 Å². The number of anilines is 2. The second kappa shape index (κ2) is 4.75. The Balaban J connectivity index is 1.74. The van der Waals surface area contributed by atoms with Crippen molar-refractivity contribution in [3.05, 3.63) is 54.6 Å². The molecule has 0 saturated heterocycles. The minimum atomic E-state index is 0.528. The number of hydrogen-bond acceptors (Lipinski definition) is 5. The molecule has 6 heteroatoms. The number of nitrogens with zero attached hydrogens (tertiary/aromatic N) is 3. The lowest BCUT2D eigenvalue weighted by Crippen LogP contribution is -1.93. The Morgan fingerprint density at radius 1 is 0.905 bits per heavy atom. The Kier molecular flexibility index (Phi) is 2.64. The summed E-state index contributed by atoms with van der Waals surface area (Å²) >= 11 is 0. The third-order valence-corrected chi connectivity index (χ3v) is 3.14. The highest BCUT2D eigenvalue weighted by atomic mass is 16.6. The molecule has 0 aliphatic heterocycles. The van der Waals surface area contributed by atoms with Gasteiger partial charge in [0, 0.05) is 5.69 Å². The molecular formula is C15H11N5O. The van der Waals surface area contributed by atoms with Gasteiger partial charge in [0.1, 0.15) is 0 Å². The summed E-state index contributed by atoms with van der Waals surface area (Å²) < 4.78 is 4.85. The maximum absolute atomic E-state index is 4.85. The van der Waals surface area contributed by atoms with E-state index in [0.717, 1.165) is 16.7 Å². The molecule has 0 amide bonds. The molecule has 2 heterocycles. The van der Waals surface area contributed by atoms with Gasteiger partial charge in [-0.05, 0) is 34.6 Å². The molecule has 2 aromatic heterocycles. The average molecular weight is 277 g/mol. The molecule has 0 radical (unpaired) electrons. The predicted octanol–water partition coefficient (Wildman–Crippen LogP) is 3.36. The number of aromatic amines is 1. The van der Waals surface area contributed by atoms with E-state index in [2.05, 4.69) is 25.6 Å². The van der Waals surface area contributed by atoms with Crippen molar-refractivity contribution < 1.29 is 4.63 Å². The standard InChI is InChI=1S/C15H11N5O/c1-2-6-10(7-3-1)16-15-13(19-21-20-15)14-17-11-8-4-5-9-12(11)18-14/h1-9H,(H,16,20)(H,17,18). The molecule has 0 saturated carbocycles. The number of para-hydroxylation sites is 3. The molecule has 4 aromatic rings. The summed E-state index contributed by atoms with van der Waals surface area (Å²) in [5, 5.41) is 11.0. The summed E-state index contributed by atoms with van der Waals surface area (Å²) in [6.07, 6.45) is 0. The molecule has 6 nitrogen and oxygen atoms in total. The van der Waals surface area contributed by atoms with E-state index in [-0.39, 0.29) is 0 Å². The van der Waals surface area contributed by atoms with Crippen LogP contribution in [0.4, 0.5) is 11.5 Å². The summed E-state index contributed by atoms with van der Waals surface area (Å²) in [5.74, 6) is 1.15. The Labute approximate surface area is 119 Å². The summed E-state index contributed by atoms with van der Waals surface area (Å²) in [7, 11) is 0. The lowest BCUT2D eigenvalue weighted by molar-refractivity contribution is 0.310. The SMILES string of the molecule is c1ccc(Nc2nonc2-c2nc3ccccc3[nH]2)cc1. The van der Waals surface area contributed by atoms with E-state index in [1.54, 1.807) is 0 Å². The highest BCUT2D eigenvalue weighted by molar-refractivity contribution is 5.81. The maximum atomic E-state index is 4.85. The second-order valence-electron chi connectivity index (χ2n) is 4.56.